The number of carbonyl (C=O) groups is 1. The Morgan fingerprint density at radius 2 is 1.82 bits per heavy atom. The van der Waals surface area contributed by atoms with E-state index in [2.05, 4.69) is 5.32 Å². The number of benzene rings is 2. The summed E-state index contributed by atoms with van der Waals surface area (Å²) in [6.45, 7) is 1.92. The number of para-hydroxylation sites is 1. The van der Waals surface area contributed by atoms with E-state index in [-0.39, 0.29) is 6.61 Å². The number of halogens is 1. The lowest BCUT2D eigenvalue weighted by Crippen LogP contribution is -2.34. The first kappa shape index (κ1) is 16.3. The van der Waals surface area contributed by atoms with Crippen LogP contribution in [0.15, 0.2) is 54.6 Å². The van der Waals surface area contributed by atoms with Gasteiger partial charge in [-0.3, -0.25) is 0 Å². The summed E-state index contributed by atoms with van der Waals surface area (Å²) in [5.41, 5.74) is 1.54. The SMILES string of the molecule is CCOC(=O)C(O)C(Nc1ccccc1)c1ccc(Cl)cc1. The number of aliphatic hydroxyl groups is 1. The Morgan fingerprint density at radius 3 is 2.41 bits per heavy atom. The van der Waals surface area contributed by atoms with Crippen LogP contribution in [0.25, 0.3) is 0 Å². The zero-order valence-electron chi connectivity index (χ0n) is 12.2. The molecule has 0 radical (unpaired) electrons. The molecule has 0 aliphatic heterocycles. The van der Waals surface area contributed by atoms with Gasteiger partial charge in [-0.25, -0.2) is 4.79 Å². The number of hydrogen-bond acceptors (Lipinski definition) is 4. The van der Waals surface area contributed by atoms with Gasteiger partial charge in [-0.1, -0.05) is 41.9 Å². The van der Waals surface area contributed by atoms with Crippen LogP contribution < -0.4 is 5.32 Å². The molecule has 0 amide bonds. The van der Waals surface area contributed by atoms with Gasteiger partial charge in [0.15, 0.2) is 6.10 Å². The lowest BCUT2D eigenvalue weighted by molar-refractivity contribution is -0.153. The molecule has 2 N–H and O–H groups in total. The number of carbonyl (C=O) groups excluding carboxylic acids is 1. The maximum absolute atomic E-state index is 11.9. The molecule has 2 rings (SSSR count). The zero-order chi connectivity index (χ0) is 15.9. The molecular formula is C17H18ClNO3. The largest absolute Gasteiger partial charge is 0.464 e. The van der Waals surface area contributed by atoms with Gasteiger partial charge in [0.2, 0.25) is 0 Å². The zero-order valence-corrected chi connectivity index (χ0v) is 13.0. The summed E-state index contributed by atoms with van der Waals surface area (Å²) in [5.74, 6) is -0.661. The van der Waals surface area contributed by atoms with Crippen LogP contribution in [0.3, 0.4) is 0 Å². The second kappa shape index (κ2) is 7.82. The molecule has 4 nitrogen and oxygen atoms in total. The highest BCUT2D eigenvalue weighted by molar-refractivity contribution is 6.30. The number of esters is 1. The third-order valence-corrected chi connectivity index (χ3v) is 3.42. The maximum Gasteiger partial charge on any atom is 0.337 e. The fraction of sp³-hybridized carbons (Fsp3) is 0.235. The topological polar surface area (TPSA) is 58.6 Å². The van der Waals surface area contributed by atoms with Gasteiger partial charge in [-0.15, -0.1) is 0 Å². The molecule has 2 aromatic rings. The Balaban J connectivity index is 2.27. The van der Waals surface area contributed by atoms with Crippen LogP contribution in [0.2, 0.25) is 5.02 Å². The van der Waals surface area contributed by atoms with E-state index in [0.717, 1.165) is 11.3 Å². The van der Waals surface area contributed by atoms with Crippen LogP contribution in [-0.2, 0) is 9.53 Å². The summed E-state index contributed by atoms with van der Waals surface area (Å²) in [4.78, 5) is 11.9. The molecule has 0 saturated carbocycles. The lowest BCUT2D eigenvalue weighted by atomic mass is 10.0. The fourth-order valence-electron chi connectivity index (χ4n) is 2.09. The molecular weight excluding hydrogens is 302 g/mol. The Morgan fingerprint density at radius 1 is 1.18 bits per heavy atom. The molecule has 2 atom stereocenters. The van der Waals surface area contributed by atoms with E-state index in [1.807, 2.05) is 30.3 Å². The highest BCUT2D eigenvalue weighted by atomic mass is 35.5. The molecule has 22 heavy (non-hydrogen) atoms. The number of aliphatic hydroxyl groups excluding tert-OH is 1. The Bertz CT molecular complexity index is 601. The summed E-state index contributed by atoms with van der Waals surface area (Å²) in [6, 6.07) is 15.7. The van der Waals surface area contributed by atoms with Crippen molar-refractivity contribution >= 4 is 23.3 Å². The summed E-state index contributed by atoms with van der Waals surface area (Å²) in [5, 5.41) is 14.1. The van der Waals surface area contributed by atoms with Crippen LogP contribution in [0, 0.1) is 0 Å². The first-order valence-corrected chi connectivity index (χ1v) is 7.41. The summed E-state index contributed by atoms with van der Waals surface area (Å²) in [6.07, 6.45) is -1.32. The number of ether oxygens (including phenoxy) is 1. The molecule has 0 aliphatic carbocycles. The van der Waals surface area contributed by atoms with Crippen molar-refractivity contribution < 1.29 is 14.6 Å². The molecule has 2 aromatic carbocycles. The molecule has 0 bridgehead atoms. The first-order valence-electron chi connectivity index (χ1n) is 7.03. The fourth-order valence-corrected chi connectivity index (χ4v) is 2.22. The van der Waals surface area contributed by atoms with Gasteiger partial charge < -0.3 is 15.2 Å². The average molecular weight is 320 g/mol. The maximum atomic E-state index is 11.9. The van der Waals surface area contributed by atoms with Crippen molar-refractivity contribution in [3.8, 4) is 0 Å². The van der Waals surface area contributed by atoms with Crippen molar-refractivity contribution in [3.05, 3.63) is 65.2 Å². The minimum absolute atomic E-state index is 0.217. The highest BCUT2D eigenvalue weighted by Crippen LogP contribution is 2.25. The van der Waals surface area contributed by atoms with Crippen LogP contribution in [0.1, 0.15) is 18.5 Å². The summed E-state index contributed by atoms with van der Waals surface area (Å²) >= 11 is 5.89. The second-order valence-corrected chi connectivity index (χ2v) is 5.17. The van der Waals surface area contributed by atoms with Crippen molar-refractivity contribution in [3.63, 3.8) is 0 Å². The number of hydrogen-bond donors (Lipinski definition) is 2. The highest BCUT2D eigenvalue weighted by Gasteiger charge is 2.28. The van der Waals surface area contributed by atoms with Crippen LogP contribution in [0.5, 0.6) is 0 Å². The molecule has 0 fully saturated rings. The van der Waals surface area contributed by atoms with Gasteiger partial charge >= 0.3 is 5.97 Å². The van der Waals surface area contributed by atoms with Crippen molar-refractivity contribution in [2.24, 2.45) is 0 Å². The molecule has 5 heteroatoms. The Hall–Kier alpha value is -2.04. The monoisotopic (exact) mass is 319 g/mol. The first-order chi connectivity index (χ1) is 10.6. The van der Waals surface area contributed by atoms with E-state index < -0.39 is 18.1 Å². The van der Waals surface area contributed by atoms with E-state index in [1.54, 1.807) is 31.2 Å². The molecule has 0 aromatic heterocycles. The third-order valence-electron chi connectivity index (χ3n) is 3.17. The van der Waals surface area contributed by atoms with E-state index in [9.17, 15) is 9.90 Å². The quantitative estimate of drug-likeness (QED) is 0.801. The molecule has 0 saturated heterocycles. The van der Waals surface area contributed by atoms with E-state index in [0.29, 0.717) is 5.02 Å². The lowest BCUT2D eigenvalue weighted by Gasteiger charge is -2.24. The van der Waals surface area contributed by atoms with Gasteiger partial charge in [0.1, 0.15) is 0 Å². The van der Waals surface area contributed by atoms with Gasteiger partial charge in [-0.2, -0.15) is 0 Å². The number of nitrogens with one attached hydrogen (secondary N) is 1. The minimum atomic E-state index is -1.32. The molecule has 116 valence electrons. The van der Waals surface area contributed by atoms with Gasteiger partial charge in [0.05, 0.1) is 12.6 Å². The normalized spacial score (nSPS) is 13.2. The van der Waals surface area contributed by atoms with E-state index in [4.69, 9.17) is 16.3 Å². The van der Waals surface area contributed by atoms with Gasteiger partial charge in [-0.05, 0) is 36.8 Å². The van der Waals surface area contributed by atoms with Crippen LogP contribution in [0.4, 0.5) is 5.69 Å². The summed E-state index contributed by atoms with van der Waals surface area (Å²) < 4.78 is 4.91. The third kappa shape index (κ3) is 4.23. The van der Waals surface area contributed by atoms with Crippen LogP contribution >= 0.6 is 11.6 Å². The smallest absolute Gasteiger partial charge is 0.337 e. The average Bonchev–Trinajstić information content (AvgIpc) is 2.54. The Labute approximate surface area is 134 Å². The van der Waals surface area contributed by atoms with Gasteiger partial charge in [0, 0.05) is 10.7 Å². The molecule has 0 spiro atoms. The summed E-state index contributed by atoms with van der Waals surface area (Å²) in [7, 11) is 0. The predicted molar refractivity (Wildman–Crippen MR) is 86.9 cm³/mol. The number of anilines is 1. The standard InChI is InChI=1S/C17H18ClNO3/c1-2-22-17(21)16(20)15(12-8-10-13(18)11-9-12)19-14-6-4-3-5-7-14/h3-11,15-16,19-20H,2H2,1H3. The predicted octanol–water partition coefficient (Wildman–Crippen LogP) is 3.42. The molecule has 0 heterocycles. The van der Waals surface area contributed by atoms with E-state index >= 15 is 0 Å². The minimum Gasteiger partial charge on any atom is -0.464 e. The number of rotatable bonds is 6. The van der Waals surface area contributed by atoms with Crippen molar-refractivity contribution in [1.82, 2.24) is 0 Å². The van der Waals surface area contributed by atoms with Crippen molar-refractivity contribution in [2.75, 3.05) is 11.9 Å². The van der Waals surface area contributed by atoms with E-state index in [1.165, 1.54) is 0 Å². The van der Waals surface area contributed by atoms with Crippen molar-refractivity contribution in [1.29, 1.82) is 0 Å². The molecule has 2 unspecified atom stereocenters. The van der Waals surface area contributed by atoms with Crippen molar-refractivity contribution in [2.45, 2.75) is 19.1 Å². The van der Waals surface area contributed by atoms with Gasteiger partial charge in [0.25, 0.3) is 0 Å². The van der Waals surface area contributed by atoms with Crippen LogP contribution in [-0.4, -0.2) is 23.8 Å². The second-order valence-electron chi connectivity index (χ2n) is 4.74. The Kier molecular flexibility index (Phi) is 5.81. The molecule has 0 aliphatic rings.